The van der Waals surface area contributed by atoms with Gasteiger partial charge in [0.05, 0.1) is 33.4 Å². The van der Waals surface area contributed by atoms with E-state index in [2.05, 4.69) is 88.4 Å². The lowest BCUT2D eigenvalue weighted by molar-refractivity contribution is 0.495. The summed E-state index contributed by atoms with van der Waals surface area (Å²) in [5.74, 6) is 2.92. The highest BCUT2D eigenvalue weighted by atomic mass is 16.3. The van der Waals surface area contributed by atoms with E-state index < -0.39 is 0 Å². The number of fused-ring (bicyclic) bond motifs is 8. The van der Waals surface area contributed by atoms with E-state index in [1.165, 1.54) is 16.7 Å². The molecule has 3 aromatic carbocycles. The van der Waals surface area contributed by atoms with Gasteiger partial charge in [-0.15, -0.1) is 0 Å². The minimum Gasteiger partial charge on any atom is -0.460 e. The minimum atomic E-state index is 0.373. The van der Waals surface area contributed by atoms with E-state index in [-0.39, 0.29) is 0 Å². The number of nitrogens with zero attached hydrogens (tertiary/aromatic N) is 3. The van der Waals surface area contributed by atoms with E-state index in [4.69, 9.17) is 4.42 Å². The lowest BCUT2D eigenvalue weighted by Crippen LogP contribution is -2.07. The van der Waals surface area contributed by atoms with Crippen molar-refractivity contribution in [2.75, 3.05) is 0 Å². The Morgan fingerprint density at radius 2 is 1.88 bits per heavy atom. The highest BCUT2D eigenvalue weighted by Crippen LogP contribution is 2.61. The number of furan rings is 1. The number of para-hydroxylation sites is 1. The first kappa shape index (κ1) is 22.5. The van der Waals surface area contributed by atoms with Crippen LogP contribution < -0.4 is 0 Å². The number of rotatable bonds is 3. The van der Waals surface area contributed by atoms with Gasteiger partial charge >= 0.3 is 0 Å². The number of benzene rings is 2. The molecule has 0 radical (unpaired) electrons. The molecular weight excluding hydrogens is 502 g/mol. The van der Waals surface area contributed by atoms with Gasteiger partial charge in [-0.2, -0.15) is 5.26 Å². The van der Waals surface area contributed by atoms with E-state index in [0.29, 0.717) is 17.4 Å². The summed E-state index contributed by atoms with van der Waals surface area (Å²) in [6.07, 6.45) is 11.6. The number of allylic oxidation sites excluding steroid dienone is 2. The summed E-state index contributed by atoms with van der Waals surface area (Å²) >= 11 is 0. The van der Waals surface area contributed by atoms with E-state index in [9.17, 15) is 5.26 Å². The molecule has 192 valence electrons. The van der Waals surface area contributed by atoms with Crippen LogP contribution in [0, 0.1) is 29.4 Å². The van der Waals surface area contributed by atoms with E-state index >= 15 is 0 Å². The third-order valence-electron chi connectivity index (χ3n) is 8.96. The van der Waals surface area contributed by atoms with Crippen LogP contribution in [-0.2, 0) is 6.42 Å². The van der Waals surface area contributed by atoms with Gasteiger partial charge in [0.1, 0.15) is 17.6 Å². The quantitative estimate of drug-likeness (QED) is 0.233. The Morgan fingerprint density at radius 3 is 2.78 bits per heavy atom. The van der Waals surface area contributed by atoms with Crippen molar-refractivity contribution in [1.29, 1.82) is 5.26 Å². The predicted octanol–water partition coefficient (Wildman–Crippen LogP) is 8.53. The second kappa shape index (κ2) is 8.34. The Labute approximate surface area is 237 Å². The molecule has 3 aliphatic rings. The van der Waals surface area contributed by atoms with Crippen LogP contribution in [0.1, 0.15) is 52.5 Å². The van der Waals surface area contributed by atoms with Crippen molar-refractivity contribution in [3.8, 4) is 23.0 Å². The van der Waals surface area contributed by atoms with Gasteiger partial charge in [0.15, 0.2) is 0 Å². The Kier molecular flexibility index (Phi) is 4.58. The molecular formula is C37H23N3O. The lowest BCUT2D eigenvalue weighted by Gasteiger charge is -2.21. The number of hydrogen-bond acceptors (Lipinski definition) is 3. The van der Waals surface area contributed by atoms with Crippen LogP contribution in [0.15, 0.2) is 83.4 Å². The van der Waals surface area contributed by atoms with Gasteiger partial charge in [0.2, 0.25) is 0 Å². The fraction of sp³-hybridized carbons (Fsp3) is 0.135. The van der Waals surface area contributed by atoms with Crippen molar-refractivity contribution >= 4 is 39.5 Å². The van der Waals surface area contributed by atoms with E-state index in [1.54, 1.807) is 6.20 Å². The normalized spacial score (nSPS) is 18.3. The highest BCUT2D eigenvalue weighted by Gasteiger charge is 2.49. The van der Waals surface area contributed by atoms with Crippen LogP contribution in [-0.4, -0.2) is 9.55 Å². The number of hydrogen-bond donors (Lipinski definition) is 0. The van der Waals surface area contributed by atoms with Crippen LogP contribution >= 0.6 is 0 Å². The summed E-state index contributed by atoms with van der Waals surface area (Å²) in [4.78, 5) is 4.64. The first-order chi connectivity index (χ1) is 20.3. The zero-order valence-corrected chi connectivity index (χ0v) is 22.2. The van der Waals surface area contributed by atoms with Crippen molar-refractivity contribution in [3.63, 3.8) is 0 Å². The second-order valence-corrected chi connectivity index (χ2v) is 11.1. The summed E-state index contributed by atoms with van der Waals surface area (Å²) in [5, 5.41) is 12.9. The molecule has 41 heavy (non-hydrogen) atoms. The number of aromatic nitrogens is 2. The average Bonchev–Trinajstić information content (AvgIpc) is 3.66. The van der Waals surface area contributed by atoms with Crippen LogP contribution in [0.25, 0.3) is 56.5 Å². The molecule has 1 saturated carbocycles. The van der Waals surface area contributed by atoms with Crippen molar-refractivity contribution < 1.29 is 4.42 Å². The van der Waals surface area contributed by atoms with Gasteiger partial charge < -0.3 is 8.98 Å². The van der Waals surface area contributed by atoms with Crippen molar-refractivity contribution in [2.24, 2.45) is 5.92 Å². The molecule has 2 unspecified atom stereocenters. The van der Waals surface area contributed by atoms with Crippen molar-refractivity contribution in [1.82, 2.24) is 9.55 Å². The van der Waals surface area contributed by atoms with E-state index in [0.717, 1.165) is 75.1 Å². The molecule has 6 aromatic rings. The summed E-state index contributed by atoms with van der Waals surface area (Å²) in [6.45, 7) is 0. The van der Waals surface area contributed by atoms with Crippen LogP contribution in [0.5, 0.6) is 0 Å². The van der Waals surface area contributed by atoms with Crippen LogP contribution in [0.4, 0.5) is 0 Å². The summed E-state index contributed by atoms with van der Waals surface area (Å²) < 4.78 is 8.66. The molecule has 0 amide bonds. The number of pyridine rings is 1. The molecule has 1 fully saturated rings. The fourth-order valence-corrected chi connectivity index (χ4v) is 7.06. The first-order valence-corrected chi connectivity index (χ1v) is 14.2. The lowest BCUT2D eigenvalue weighted by atomic mass is 9.86. The molecule has 0 aliphatic heterocycles. The molecule has 9 rings (SSSR count). The molecule has 4 nitrogen and oxygen atoms in total. The topological polar surface area (TPSA) is 54.8 Å². The van der Waals surface area contributed by atoms with E-state index in [1.807, 2.05) is 24.3 Å². The second-order valence-electron chi connectivity index (χ2n) is 11.1. The minimum absolute atomic E-state index is 0.373. The van der Waals surface area contributed by atoms with Gasteiger partial charge in [-0.05, 0) is 73.2 Å². The molecule has 2 atom stereocenters. The van der Waals surface area contributed by atoms with Crippen LogP contribution in [0.3, 0.4) is 0 Å². The van der Waals surface area contributed by atoms with Crippen molar-refractivity contribution in [2.45, 2.75) is 25.2 Å². The SMILES string of the molecule is N#Cc1c(-c2ccccn2)ccc(C2=Cc3c(oc4c3CCC=C4)C3CC23)c1-n1c2ccc#cc2c2ccccc21. The Balaban J connectivity index is 1.39. The maximum atomic E-state index is 10.8. The predicted molar refractivity (Wildman–Crippen MR) is 161 cm³/mol. The largest absolute Gasteiger partial charge is 0.460 e. The average molecular weight is 526 g/mol. The maximum absolute atomic E-state index is 10.8. The van der Waals surface area contributed by atoms with Gasteiger partial charge in [-0.3, -0.25) is 4.98 Å². The van der Waals surface area contributed by atoms with Crippen molar-refractivity contribution in [3.05, 3.63) is 125 Å². The molecule has 0 spiro atoms. The molecule has 0 bridgehead atoms. The standard InChI is InChI=1S/C37H23N3O/c38-21-31-22(32-12-7-8-18-39-32)16-17-26(27-19-29-25-11-3-6-15-35(25)41-37(29)30-20-28(27)30)36(31)40-33-13-4-1-9-23(33)24-10-2-5-14-34(24)40/h1,4-9,12-19,28,30H,3,11,20H2. The van der Waals surface area contributed by atoms with Gasteiger partial charge in [-0.25, -0.2) is 0 Å². The van der Waals surface area contributed by atoms with Crippen LogP contribution in [0.2, 0.25) is 0 Å². The van der Waals surface area contributed by atoms with Gasteiger partial charge in [-0.1, -0.05) is 54.6 Å². The highest BCUT2D eigenvalue weighted by molar-refractivity contribution is 6.09. The van der Waals surface area contributed by atoms with Gasteiger partial charge in [0.25, 0.3) is 0 Å². The first-order valence-electron chi connectivity index (χ1n) is 14.2. The molecule has 3 aromatic heterocycles. The third kappa shape index (κ3) is 3.14. The molecule has 0 saturated heterocycles. The molecule has 3 aliphatic carbocycles. The summed E-state index contributed by atoms with van der Waals surface area (Å²) in [7, 11) is 0. The number of nitriles is 1. The monoisotopic (exact) mass is 525 g/mol. The Bertz CT molecular complexity index is 2100. The molecule has 0 N–H and O–H groups in total. The zero-order chi connectivity index (χ0) is 27.1. The Hall–Kier alpha value is -5.32. The smallest absolute Gasteiger partial charge is 0.130 e. The Morgan fingerprint density at radius 1 is 0.976 bits per heavy atom. The summed E-state index contributed by atoms with van der Waals surface area (Å²) in [6, 6.07) is 31.6. The fourth-order valence-electron chi connectivity index (χ4n) is 7.06. The summed E-state index contributed by atoms with van der Waals surface area (Å²) in [5.41, 5.74) is 10.2. The van der Waals surface area contributed by atoms with Gasteiger partial charge in [0, 0.05) is 39.8 Å². The molecule has 4 heteroatoms. The third-order valence-corrected chi connectivity index (χ3v) is 8.96. The molecule has 3 heterocycles. The zero-order valence-electron chi connectivity index (χ0n) is 22.2. The maximum Gasteiger partial charge on any atom is 0.130 e.